The van der Waals surface area contributed by atoms with E-state index in [1.807, 2.05) is 0 Å². The number of amides is 1. The van der Waals surface area contributed by atoms with Gasteiger partial charge in [0.25, 0.3) is 5.91 Å². The molecule has 1 aliphatic heterocycles. The summed E-state index contributed by atoms with van der Waals surface area (Å²) in [7, 11) is 0. The number of allylic oxidation sites excluding steroid dienone is 4. The number of carbonyl (C=O) groups is 1. The van der Waals surface area contributed by atoms with Crippen LogP contribution < -0.4 is 16.4 Å². The molecule has 2 fully saturated rings. The number of nitrogens with two attached hydrogens (primary N) is 1. The predicted octanol–water partition coefficient (Wildman–Crippen LogP) is 3.80. The fraction of sp³-hybridized carbons (Fsp3) is 0.417. The van der Waals surface area contributed by atoms with Gasteiger partial charge in [-0.2, -0.15) is 0 Å². The maximum Gasteiger partial charge on any atom is 0.250 e. The van der Waals surface area contributed by atoms with E-state index in [1.165, 1.54) is 44.1 Å². The molecule has 3 aliphatic rings. The number of piperidine rings is 1. The molecular formula is C24H30N4O. The molecule has 0 radical (unpaired) electrons. The maximum atomic E-state index is 11.4. The van der Waals surface area contributed by atoms with E-state index in [2.05, 4.69) is 34.9 Å². The van der Waals surface area contributed by atoms with Gasteiger partial charge >= 0.3 is 0 Å². The molecule has 1 aromatic rings. The van der Waals surface area contributed by atoms with E-state index in [9.17, 15) is 4.79 Å². The topological polar surface area (TPSA) is 91.0 Å². The summed E-state index contributed by atoms with van der Waals surface area (Å²) in [6, 6.07) is 8.78. The molecule has 5 N–H and O–H groups in total. The second kappa shape index (κ2) is 8.37. The van der Waals surface area contributed by atoms with E-state index in [-0.39, 0.29) is 16.7 Å². The van der Waals surface area contributed by atoms with Gasteiger partial charge in [0.15, 0.2) is 0 Å². The van der Waals surface area contributed by atoms with Gasteiger partial charge in [-0.3, -0.25) is 10.2 Å². The van der Waals surface area contributed by atoms with Gasteiger partial charge < -0.3 is 16.4 Å². The Morgan fingerprint density at radius 2 is 1.97 bits per heavy atom. The lowest BCUT2D eigenvalue weighted by molar-refractivity contribution is -0.114. The van der Waals surface area contributed by atoms with Gasteiger partial charge in [0.05, 0.1) is 11.3 Å². The third-order valence-corrected chi connectivity index (χ3v) is 6.77. The van der Waals surface area contributed by atoms with Crippen molar-refractivity contribution in [1.82, 2.24) is 5.32 Å². The molecule has 152 valence electrons. The number of hydrogen-bond acceptors (Lipinski definition) is 4. The second-order valence-corrected chi connectivity index (χ2v) is 8.42. The van der Waals surface area contributed by atoms with Gasteiger partial charge in [-0.15, -0.1) is 0 Å². The van der Waals surface area contributed by atoms with Crippen molar-refractivity contribution >= 4 is 17.3 Å². The van der Waals surface area contributed by atoms with Crippen molar-refractivity contribution in [2.45, 2.75) is 43.9 Å². The summed E-state index contributed by atoms with van der Waals surface area (Å²) in [6.45, 7) is 2.21. The van der Waals surface area contributed by atoms with E-state index in [0.717, 1.165) is 24.7 Å². The molecule has 1 unspecified atom stereocenters. The number of nitrogens with one attached hydrogen (secondary N) is 3. The summed E-state index contributed by atoms with van der Waals surface area (Å²) in [5.74, 6) is 0.205. The third kappa shape index (κ3) is 3.92. The SMILES string of the molecule is N=C1C(C(N)=O)=CC=C/C1=C/Nc1ccc(C2(C3CCCC3)CCCNC2)cc1. The lowest BCUT2D eigenvalue weighted by Crippen LogP contribution is -2.47. The Kier molecular flexibility index (Phi) is 5.67. The molecule has 0 spiro atoms. The quantitative estimate of drug-likeness (QED) is 0.616. The van der Waals surface area contributed by atoms with Crippen molar-refractivity contribution in [2.24, 2.45) is 11.7 Å². The standard InChI is InChI=1S/C24H30N4O/c25-22-17(5-3-8-21(22)23(26)29)15-28-20-11-9-19(10-12-20)24(13-4-14-27-16-24)18-6-1-2-7-18/h3,5,8-12,15,18,25,27-28H,1-2,4,6-7,13-14,16H2,(H2,26,29)/b17-15-,25-22?. The Labute approximate surface area is 172 Å². The second-order valence-electron chi connectivity index (χ2n) is 8.42. The van der Waals surface area contributed by atoms with Crippen LogP contribution in [0.5, 0.6) is 0 Å². The van der Waals surface area contributed by atoms with Crippen molar-refractivity contribution in [3.63, 3.8) is 0 Å². The van der Waals surface area contributed by atoms with Gasteiger partial charge in [-0.05, 0) is 61.9 Å². The van der Waals surface area contributed by atoms with Crippen LogP contribution in [0.3, 0.4) is 0 Å². The molecule has 5 nitrogen and oxygen atoms in total. The van der Waals surface area contributed by atoms with Crippen molar-refractivity contribution < 1.29 is 4.79 Å². The van der Waals surface area contributed by atoms with E-state index >= 15 is 0 Å². The molecule has 5 heteroatoms. The van der Waals surface area contributed by atoms with E-state index in [1.54, 1.807) is 24.4 Å². The number of hydrogen-bond donors (Lipinski definition) is 4. The van der Waals surface area contributed by atoms with E-state index in [0.29, 0.717) is 5.57 Å². The summed E-state index contributed by atoms with van der Waals surface area (Å²) < 4.78 is 0. The monoisotopic (exact) mass is 390 g/mol. The summed E-state index contributed by atoms with van der Waals surface area (Å²) in [5.41, 5.74) is 9.06. The van der Waals surface area contributed by atoms with Gasteiger partial charge in [0.2, 0.25) is 0 Å². The first-order valence-corrected chi connectivity index (χ1v) is 10.7. The highest BCUT2D eigenvalue weighted by molar-refractivity contribution is 6.28. The van der Waals surface area contributed by atoms with Crippen LogP contribution >= 0.6 is 0 Å². The van der Waals surface area contributed by atoms with Crippen LogP contribution in [0.1, 0.15) is 44.1 Å². The van der Waals surface area contributed by atoms with Crippen LogP contribution in [-0.4, -0.2) is 24.7 Å². The first kappa shape index (κ1) is 19.6. The molecule has 1 heterocycles. The Bertz CT molecular complexity index is 867. The summed E-state index contributed by atoms with van der Waals surface area (Å²) in [6.07, 6.45) is 14.8. The Morgan fingerprint density at radius 3 is 2.62 bits per heavy atom. The van der Waals surface area contributed by atoms with Crippen LogP contribution in [0.4, 0.5) is 5.69 Å². The van der Waals surface area contributed by atoms with Gasteiger partial charge in [-0.1, -0.05) is 37.1 Å². The highest BCUT2D eigenvalue weighted by Gasteiger charge is 2.42. The van der Waals surface area contributed by atoms with Crippen LogP contribution in [0.2, 0.25) is 0 Å². The van der Waals surface area contributed by atoms with Crippen LogP contribution in [-0.2, 0) is 10.2 Å². The van der Waals surface area contributed by atoms with Crippen molar-refractivity contribution in [1.29, 1.82) is 5.41 Å². The molecule has 1 saturated heterocycles. The highest BCUT2D eigenvalue weighted by Crippen LogP contribution is 2.46. The molecule has 4 rings (SSSR count). The normalized spacial score (nSPS) is 26.6. The van der Waals surface area contributed by atoms with Crippen molar-refractivity contribution in [2.75, 3.05) is 18.4 Å². The fourth-order valence-electron chi connectivity index (χ4n) is 5.19. The zero-order valence-corrected chi connectivity index (χ0v) is 16.8. The summed E-state index contributed by atoms with van der Waals surface area (Å²) in [5, 5.41) is 15.1. The first-order chi connectivity index (χ1) is 14.1. The largest absolute Gasteiger partial charge is 0.366 e. The van der Waals surface area contributed by atoms with Crippen molar-refractivity contribution in [3.8, 4) is 0 Å². The van der Waals surface area contributed by atoms with Gasteiger partial charge in [0, 0.05) is 29.4 Å². The first-order valence-electron chi connectivity index (χ1n) is 10.7. The molecular weight excluding hydrogens is 360 g/mol. The number of carbonyl (C=O) groups excluding carboxylic acids is 1. The molecule has 2 aliphatic carbocycles. The molecule has 29 heavy (non-hydrogen) atoms. The zero-order valence-electron chi connectivity index (χ0n) is 16.8. The third-order valence-electron chi connectivity index (χ3n) is 6.77. The Balaban J connectivity index is 1.50. The Morgan fingerprint density at radius 1 is 1.21 bits per heavy atom. The summed E-state index contributed by atoms with van der Waals surface area (Å²) in [4.78, 5) is 11.4. The fourth-order valence-corrected chi connectivity index (χ4v) is 5.19. The lowest BCUT2D eigenvalue weighted by atomic mass is 9.65. The minimum atomic E-state index is -0.576. The van der Waals surface area contributed by atoms with Crippen LogP contribution in [0.25, 0.3) is 0 Å². The minimum absolute atomic E-state index is 0.151. The average molecular weight is 391 g/mol. The van der Waals surface area contributed by atoms with Crippen LogP contribution in [0, 0.1) is 11.3 Å². The highest BCUT2D eigenvalue weighted by atomic mass is 16.1. The summed E-state index contributed by atoms with van der Waals surface area (Å²) >= 11 is 0. The smallest absolute Gasteiger partial charge is 0.250 e. The van der Waals surface area contributed by atoms with Crippen LogP contribution in [0.15, 0.2) is 59.8 Å². The number of primary amides is 1. The Hall–Kier alpha value is -2.66. The van der Waals surface area contributed by atoms with Gasteiger partial charge in [-0.25, -0.2) is 0 Å². The minimum Gasteiger partial charge on any atom is -0.366 e. The molecule has 1 atom stereocenters. The zero-order chi connectivity index (χ0) is 20.3. The van der Waals surface area contributed by atoms with Gasteiger partial charge in [0.1, 0.15) is 0 Å². The lowest BCUT2D eigenvalue weighted by Gasteiger charge is -2.43. The molecule has 0 bridgehead atoms. The average Bonchev–Trinajstić information content (AvgIpc) is 3.29. The maximum absolute atomic E-state index is 11.4. The molecule has 0 aromatic heterocycles. The molecule has 1 saturated carbocycles. The van der Waals surface area contributed by atoms with E-state index in [4.69, 9.17) is 11.1 Å². The van der Waals surface area contributed by atoms with Crippen molar-refractivity contribution in [3.05, 3.63) is 65.4 Å². The molecule has 1 aromatic carbocycles. The predicted molar refractivity (Wildman–Crippen MR) is 118 cm³/mol. The number of benzene rings is 1. The molecule has 1 amide bonds. The number of anilines is 1. The number of rotatable bonds is 5. The van der Waals surface area contributed by atoms with E-state index < -0.39 is 5.91 Å².